The fourth-order valence-electron chi connectivity index (χ4n) is 3.51. The zero-order valence-corrected chi connectivity index (χ0v) is 19.0. The Balaban J connectivity index is 1.81. The van der Waals surface area contributed by atoms with Gasteiger partial charge in [0.2, 0.25) is 0 Å². The van der Waals surface area contributed by atoms with Crippen molar-refractivity contribution in [2.24, 2.45) is 11.8 Å². The Labute approximate surface area is 181 Å². The summed E-state index contributed by atoms with van der Waals surface area (Å²) in [6.45, 7) is 5.98. The van der Waals surface area contributed by atoms with Crippen LogP contribution < -0.4 is 0 Å². The summed E-state index contributed by atoms with van der Waals surface area (Å²) in [5.41, 5.74) is 0.605. The fourth-order valence-corrected chi connectivity index (χ4v) is 5.40. The highest BCUT2D eigenvalue weighted by Crippen LogP contribution is 2.35. The van der Waals surface area contributed by atoms with Gasteiger partial charge < -0.3 is 10.2 Å². The van der Waals surface area contributed by atoms with Crippen LogP contribution in [0.4, 0.5) is 0 Å². The largest absolute Gasteiger partial charge is 0.476 e. The minimum atomic E-state index is -1.01. The maximum atomic E-state index is 12.3. The molecule has 2 rings (SSSR count). The molecule has 0 spiro atoms. The van der Waals surface area contributed by atoms with Crippen molar-refractivity contribution in [3.63, 3.8) is 0 Å². The number of aliphatic hydroxyl groups is 1. The SMILES string of the molecule is CC(C)=CCCC(C)(O)C/C=C/[C@@H]1CCC(=O)[C@@H]1CCSc1nc(C(=O)O)cs1. The van der Waals surface area contributed by atoms with Crippen molar-refractivity contribution >= 4 is 34.9 Å². The third kappa shape index (κ3) is 8.07. The summed E-state index contributed by atoms with van der Waals surface area (Å²) in [4.78, 5) is 27.3. The maximum Gasteiger partial charge on any atom is 0.355 e. The molecule has 0 bridgehead atoms. The molecule has 3 atom stereocenters. The van der Waals surface area contributed by atoms with Crippen LogP contribution in [-0.4, -0.2) is 38.3 Å². The standard InChI is InChI=1S/C22H31NO4S2/c1-15(2)6-4-11-22(3,27)12-5-7-16-8-9-19(24)17(16)10-13-28-21-23-18(14-29-21)20(25)26/h5-7,14,16-17,27H,4,8-13H2,1-3H3,(H,25,26)/b7-5+/t16-,17-,22?/m1/s1. The summed E-state index contributed by atoms with van der Waals surface area (Å²) in [5.74, 6) is 0.270. The van der Waals surface area contributed by atoms with Gasteiger partial charge in [-0.15, -0.1) is 11.3 Å². The molecule has 1 aliphatic rings. The van der Waals surface area contributed by atoms with Crippen molar-refractivity contribution in [2.45, 2.75) is 69.2 Å². The lowest BCUT2D eigenvalue weighted by Gasteiger charge is -2.21. The molecule has 0 saturated heterocycles. The summed E-state index contributed by atoms with van der Waals surface area (Å²) in [5, 5.41) is 21.0. The predicted molar refractivity (Wildman–Crippen MR) is 119 cm³/mol. The number of carbonyl (C=O) groups is 2. The van der Waals surface area contributed by atoms with E-state index in [4.69, 9.17) is 5.11 Å². The van der Waals surface area contributed by atoms with Crippen LogP contribution >= 0.6 is 23.1 Å². The smallest absolute Gasteiger partial charge is 0.355 e. The van der Waals surface area contributed by atoms with E-state index in [0.717, 1.165) is 35.8 Å². The van der Waals surface area contributed by atoms with Crippen LogP contribution in [-0.2, 0) is 4.79 Å². The van der Waals surface area contributed by atoms with E-state index in [1.807, 2.05) is 13.0 Å². The van der Waals surface area contributed by atoms with E-state index in [2.05, 4.69) is 31.0 Å². The summed E-state index contributed by atoms with van der Waals surface area (Å²) in [7, 11) is 0. The Morgan fingerprint density at radius 2 is 2.21 bits per heavy atom. The first-order chi connectivity index (χ1) is 13.7. The zero-order chi connectivity index (χ0) is 21.4. The highest BCUT2D eigenvalue weighted by Gasteiger charge is 2.32. The molecule has 1 fully saturated rings. The average molecular weight is 438 g/mol. The minimum Gasteiger partial charge on any atom is -0.476 e. The second-order valence-electron chi connectivity index (χ2n) is 8.17. The van der Waals surface area contributed by atoms with Crippen LogP contribution in [0.15, 0.2) is 33.5 Å². The van der Waals surface area contributed by atoms with Crippen LogP contribution in [0.1, 0.15) is 69.8 Å². The number of aromatic nitrogens is 1. The molecular formula is C22H31NO4S2. The van der Waals surface area contributed by atoms with Crippen LogP contribution in [0, 0.1) is 11.8 Å². The van der Waals surface area contributed by atoms with E-state index in [1.165, 1.54) is 28.7 Å². The van der Waals surface area contributed by atoms with Gasteiger partial charge in [-0.05, 0) is 58.8 Å². The number of hydrogen-bond donors (Lipinski definition) is 2. The number of aromatic carboxylic acids is 1. The van der Waals surface area contributed by atoms with Crippen molar-refractivity contribution in [3.05, 3.63) is 34.9 Å². The molecule has 1 aromatic heterocycles. The lowest BCUT2D eigenvalue weighted by molar-refractivity contribution is -0.121. The molecule has 1 aliphatic carbocycles. The monoisotopic (exact) mass is 437 g/mol. The fraction of sp³-hybridized carbons (Fsp3) is 0.591. The lowest BCUT2D eigenvalue weighted by Crippen LogP contribution is -2.22. The first-order valence-electron chi connectivity index (χ1n) is 10.0. The molecule has 0 aliphatic heterocycles. The number of allylic oxidation sites excluding steroid dienone is 3. The van der Waals surface area contributed by atoms with Crippen molar-refractivity contribution < 1.29 is 19.8 Å². The van der Waals surface area contributed by atoms with Crippen molar-refractivity contribution in [2.75, 3.05) is 5.75 Å². The maximum absolute atomic E-state index is 12.3. The summed E-state index contributed by atoms with van der Waals surface area (Å²) in [6, 6.07) is 0. The Morgan fingerprint density at radius 3 is 2.86 bits per heavy atom. The Bertz CT molecular complexity index is 763. The van der Waals surface area contributed by atoms with Crippen molar-refractivity contribution in [1.82, 2.24) is 4.98 Å². The number of nitrogens with zero attached hydrogens (tertiary/aromatic N) is 1. The quantitative estimate of drug-likeness (QED) is 0.358. The van der Waals surface area contributed by atoms with Gasteiger partial charge in [-0.3, -0.25) is 4.79 Å². The van der Waals surface area contributed by atoms with Crippen molar-refractivity contribution in [3.8, 4) is 0 Å². The van der Waals surface area contributed by atoms with Gasteiger partial charge in [0.1, 0.15) is 5.78 Å². The van der Waals surface area contributed by atoms with Crippen LogP contribution in [0.3, 0.4) is 0 Å². The molecule has 29 heavy (non-hydrogen) atoms. The lowest BCUT2D eigenvalue weighted by atomic mass is 9.90. The average Bonchev–Trinajstić information content (AvgIpc) is 3.23. The number of ketones is 1. The third-order valence-electron chi connectivity index (χ3n) is 5.19. The molecule has 0 amide bonds. The van der Waals surface area contributed by atoms with E-state index < -0.39 is 11.6 Å². The molecule has 160 valence electrons. The molecule has 1 heterocycles. The van der Waals surface area contributed by atoms with E-state index >= 15 is 0 Å². The third-order valence-corrected chi connectivity index (χ3v) is 7.24. The molecule has 5 nitrogen and oxygen atoms in total. The molecule has 1 aromatic rings. The van der Waals surface area contributed by atoms with E-state index in [1.54, 1.807) is 5.38 Å². The number of carbonyl (C=O) groups excluding carboxylic acids is 1. The highest BCUT2D eigenvalue weighted by molar-refractivity contribution is 8.01. The molecule has 0 radical (unpaired) electrons. The van der Waals surface area contributed by atoms with Crippen LogP contribution in [0.25, 0.3) is 0 Å². The Hall–Kier alpha value is -1.44. The number of thioether (sulfide) groups is 1. The van der Waals surface area contributed by atoms with E-state index in [0.29, 0.717) is 18.6 Å². The topological polar surface area (TPSA) is 87.5 Å². The molecule has 7 heteroatoms. The second-order valence-corrected chi connectivity index (χ2v) is 10.4. The van der Waals surface area contributed by atoms with E-state index in [9.17, 15) is 14.7 Å². The summed E-state index contributed by atoms with van der Waals surface area (Å²) < 4.78 is 0.729. The number of Topliss-reactive ketones (excluding diaryl/α,β-unsaturated/α-hetero) is 1. The Kier molecular flexibility index (Phi) is 9.11. The number of thiazole rings is 1. The van der Waals surface area contributed by atoms with Gasteiger partial charge in [0, 0.05) is 23.5 Å². The van der Waals surface area contributed by atoms with Crippen LogP contribution in [0.5, 0.6) is 0 Å². The first-order valence-corrected chi connectivity index (χ1v) is 11.9. The first kappa shape index (κ1) is 23.8. The van der Waals surface area contributed by atoms with Gasteiger partial charge in [0.15, 0.2) is 10.0 Å². The molecule has 2 N–H and O–H groups in total. The number of hydrogen-bond acceptors (Lipinski definition) is 6. The number of rotatable bonds is 11. The van der Waals surface area contributed by atoms with Gasteiger partial charge in [0.25, 0.3) is 0 Å². The predicted octanol–water partition coefficient (Wildman–Crippen LogP) is 5.36. The normalized spacial score (nSPS) is 21.4. The molecular weight excluding hydrogens is 406 g/mol. The highest BCUT2D eigenvalue weighted by atomic mass is 32.2. The number of carboxylic acids is 1. The second kappa shape index (κ2) is 11.1. The summed E-state index contributed by atoms with van der Waals surface area (Å²) in [6.07, 6.45) is 10.7. The van der Waals surface area contributed by atoms with E-state index in [-0.39, 0.29) is 17.5 Å². The molecule has 1 unspecified atom stereocenters. The Morgan fingerprint density at radius 1 is 1.45 bits per heavy atom. The molecule has 1 saturated carbocycles. The van der Waals surface area contributed by atoms with Crippen LogP contribution in [0.2, 0.25) is 0 Å². The van der Waals surface area contributed by atoms with Crippen molar-refractivity contribution in [1.29, 1.82) is 0 Å². The number of carboxylic acid groups (broad SMARTS) is 1. The van der Waals surface area contributed by atoms with Gasteiger partial charge in [0.05, 0.1) is 5.60 Å². The van der Waals surface area contributed by atoms with Gasteiger partial charge in [-0.2, -0.15) is 0 Å². The van der Waals surface area contributed by atoms with Gasteiger partial charge in [-0.1, -0.05) is 35.6 Å². The van der Waals surface area contributed by atoms with Gasteiger partial charge in [-0.25, -0.2) is 9.78 Å². The molecule has 0 aromatic carbocycles. The zero-order valence-electron chi connectivity index (χ0n) is 17.4. The van der Waals surface area contributed by atoms with Gasteiger partial charge >= 0.3 is 5.97 Å². The summed E-state index contributed by atoms with van der Waals surface area (Å²) >= 11 is 2.84. The minimum absolute atomic E-state index is 0.00767.